The molecule has 0 atom stereocenters. The average Bonchev–Trinajstić information content (AvgIpc) is 3.27. The number of benzene rings is 2. The van der Waals surface area contributed by atoms with Crippen LogP contribution < -0.4 is 4.74 Å². The Morgan fingerprint density at radius 3 is 2.56 bits per heavy atom. The van der Waals surface area contributed by atoms with Gasteiger partial charge >= 0.3 is 5.97 Å². The lowest BCUT2D eigenvalue weighted by molar-refractivity contribution is -0.150. The average molecular weight is 560 g/mol. The number of hydrogen-bond donors (Lipinski definition) is 1. The van der Waals surface area contributed by atoms with Gasteiger partial charge in [-0.3, -0.25) is 9.69 Å². The largest absolute Gasteiger partial charge is 0.493 e. The monoisotopic (exact) mass is 559 g/mol. The molecular formula is C27H31BrFN3O4. The number of amidine groups is 1. The molecule has 0 unspecified atom stereocenters. The predicted octanol–water partition coefficient (Wildman–Crippen LogP) is 5.13. The molecule has 2 aromatic carbocycles. The fourth-order valence-electron chi connectivity index (χ4n) is 5.28. The molecule has 9 heteroatoms. The molecule has 2 aromatic rings. The maximum Gasteiger partial charge on any atom is 0.309 e. The summed E-state index contributed by atoms with van der Waals surface area (Å²) in [5, 5.41) is 13.9. The van der Waals surface area contributed by atoms with Gasteiger partial charge in [0.05, 0.1) is 18.4 Å². The first-order valence-corrected chi connectivity index (χ1v) is 13.2. The van der Waals surface area contributed by atoms with E-state index in [4.69, 9.17) is 9.57 Å². The Morgan fingerprint density at radius 1 is 1.22 bits per heavy atom. The van der Waals surface area contributed by atoms with Crippen molar-refractivity contribution in [3.8, 4) is 16.9 Å². The summed E-state index contributed by atoms with van der Waals surface area (Å²) >= 11 is 3.72. The molecule has 0 aromatic heterocycles. The maximum absolute atomic E-state index is 13.4. The van der Waals surface area contributed by atoms with Gasteiger partial charge in [-0.1, -0.05) is 33.2 Å². The third kappa shape index (κ3) is 4.83. The summed E-state index contributed by atoms with van der Waals surface area (Å²) in [6.45, 7) is 8.00. The first kappa shape index (κ1) is 25.0. The third-order valence-electron chi connectivity index (χ3n) is 7.59. The van der Waals surface area contributed by atoms with Crippen LogP contribution in [-0.2, 0) is 16.2 Å². The molecule has 0 aliphatic carbocycles. The van der Waals surface area contributed by atoms with Gasteiger partial charge < -0.3 is 19.6 Å². The van der Waals surface area contributed by atoms with Crippen LogP contribution in [-0.4, -0.2) is 65.1 Å². The zero-order valence-corrected chi connectivity index (χ0v) is 22.2. The SMILES string of the molecule is CCOc1cc(CN2CC3(CC(N4CCC(C)(C(=O)O)CC4)=NO3)C2)c(Br)cc1-c1ccc(F)cc1. The van der Waals surface area contributed by atoms with E-state index in [1.165, 1.54) is 12.1 Å². The summed E-state index contributed by atoms with van der Waals surface area (Å²) in [5.41, 5.74) is 1.99. The van der Waals surface area contributed by atoms with Crippen molar-refractivity contribution in [2.75, 3.05) is 32.8 Å². The number of ether oxygens (including phenoxy) is 1. The van der Waals surface area contributed by atoms with Crippen molar-refractivity contribution in [3.05, 3.63) is 52.3 Å². The zero-order chi connectivity index (χ0) is 25.5. The molecule has 0 saturated carbocycles. The van der Waals surface area contributed by atoms with Crippen LogP contribution in [0.2, 0.25) is 0 Å². The van der Waals surface area contributed by atoms with Crippen LogP contribution in [0, 0.1) is 11.2 Å². The molecule has 0 radical (unpaired) electrons. The van der Waals surface area contributed by atoms with Crippen LogP contribution in [0.4, 0.5) is 4.39 Å². The van der Waals surface area contributed by atoms with E-state index in [1.807, 2.05) is 19.9 Å². The Labute approximate surface area is 219 Å². The van der Waals surface area contributed by atoms with Gasteiger partial charge in [0.15, 0.2) is 5.60 Å². The molecule has 0 bridgehead atoms. The Morgan fingerprint density at radius 2 is 1.92 bits per heavy atom. The topological polar surface area (TPSA) is 74.6 Å². The minimum Gasteiger partial charge on any atom is -0.493 e. The van der Waals surface area contributed by atoms with Gasteiger partial charge in [0.2, 0.25) is 0 Å². The second-order valence-corrected chi connectivity index (χ2v) is 11.2. The number of carboxylic acid groups (broad SMARTS) is 1. The van der Waals surface area contributed by atoms with E-state index in [9.17, 15) is 14.3 Å². The third-order valence-corrected chi connectivity index (χ3v) is 8.33. The van der Waals surface area contributed by atoms with E-state index in [0.29, 0.717) is 32.5 Å². The number of oxime groups is 1. The summed E-state index contributed by atoms with van der Waals surface area (Å²) in [6.07, 6.45) is 1.98. The van der Waals surface area contributed by atoms with Crippen LogP contribution in [0.1, 0.15) is 38.7 Å². The molecule has 3 heterocycles. The highest BCUT2D eigenvalue weighted by molar-refractivity contribution is 9.10. The van der Waals surface area contributed by atoms with Gasteiger partial charge in [-0.25, -0.2) is 4.39 Å². The number of aliphatic carboxylic acids is 1. The Kier molecular flexibility index (Phi) is 6.72. The highest BCUT2D eigenvalue weighted by atomic mass is 79.9. The minimum absolute atomic E-state index is 0.264. The highest BCUT2D eigenvalue weighted by Gasteiger charge is 2.51. The molecule has 2 fully saturated rings. The van der Waals surface area contributed by atoms with Gasteiger partial charge in [0, 0.05) is 42.8 Å². The number of hydrogen-bond acceptors (Lipinski definition) is 6. The molecule has 3 aliphatic rings. The highest BCUT2D eigenvalue weighted by Crippen LogP contribution is 2.40. The number of rotatable bonds is 6. The molecule has 2 saturated heterocycles. The molecular weight excluding hydrogens is 529 g/mol. The van der Waals surface area contributed by atoms with E-state index in [0.717, 1.165) is 58.8 Å². The second-order valence-electron chi connectivity index (χ2n) is 10.3. The molecule has 1 N–H and O–H groups in total. The molecule has 3 aliphatic heterocycles. The van der Waals surface area contributed by atoms with Gasteiger partial charge in [-0.15, -0.1) is 0 Å². The first-order valence-electron chi connectivity index (χ1n) is 12.4. The maximum atomic E-state index is 13.4. The van der Waals surface area contributed by atoms with Crippen molar-refractivity contribution >= 4 is 27.7 Å². The van der Waals surface area contributed by atoms with Crippen molar-refractivity contribution in [1.82, 2.24) is 9.80 Å². The van der Waals surface area contributed by atoms with Crippen LogP contribution >= 0.6 is 15.9 Å². The fraction of sp³-hybridized carbons (Fsp3) is 0.481. The van der Waals surface area contributed by atoms with Crippen molar-refractivity contribution in [2.45, 2.75) is 45.3 Å². The van der Waals surface area contributed by atoms with Gasteiger partial charge in [0.25, 0.3) is 0 Å². The van der Waals surface area contributed by atoms with E-state index >= 15 is 0 Å². The van der Waals surface area contributed by atoms with Crippen molar-refractivity contribution < 1.29 is 23.9 Å². The van der Waals surface area contributed by atoms with Gasteiger partial charge in [-0.2, -0.15) is 0 Å². The Hall–Kier alpha value is -2.65. The summed E-state index contributed by atoms with van der Waals surface area (Å²) < 4.78 is 20.3. The van der Waals surface area contributed by atoms with E-state index in [-0.39, 0.29) is 11.4 Å². The summed E-state index contributed by atoms with van der Waals surface area (Å²) in [4.78, 5) is 21.9. The van der Waals surface area contributed by atoms with Crippen LogP contribution in [0.25, 0.3) is 11.1 Å². The van der Waals surface area contributed by atoms with Crippen molar-refractivity contribution in [2.24, 2.45) is 10.6 Å². The van der Waals surface area contributed by atoms with E-state index in [2.05, 4.69) is 37.0 Å². The fourth-order valence-corrected chi connectivity index (χ4v) is 5.75. The summed E-state index contributed by atoms with van der Waals surface area (Å²) in [6, 6.07) is 10.5. The Bertz CT molecular complexity index is 1170. The summed E-state index contributed by atoms with van der Waals surface area (Å²) in [7, 11) is 0. The van der Waals surface area contributed by atoms with Crippen LogP contribution in [0.5, 0.6) is 5.75 Å². The van der Waals surface area contributed by atoms with Gasteiger partial charge in [-0.05, 0) is 62.1 Å². The summed E-state index contributed by atoms with van der Waals surface area (Å²) in [5.74, 6) is 0.728. The lowest BCUT2D eigenvalue weighted by atomic mass is 9.80. The van der Waals surface area contributed by atoms with E-state index in [1.54, 1.807) is 12.1 Å². The lowest BCUT2D eigenvalue weighted by Crippen LogP contribution is -2.61. The molecule has 5 rings (SSSR count). The number of piperidine rings is 1. The Balaban J connectivity index is 1.20. The molecule has 192 valence electrons. The second kappa shape index (κ2) is 9.67. The lowest BCUT2D eigenvalue weighted by Gasteiger charge is -2.46. The number of carboxylic acids is 1. The van der Waals surface area contributed by atoms with Gasteiger partial charge in [0.1, 0.15) is 17.4 Å². The first-order chi connectivity index (χ1) is 17.2. The smallest absolute Gasteiger partial charge is 0.309 e. The van der Waals surface area contributed by atoms with Crippen molar-refractivity contribution in [3.63, 3.8) is 0 Å². The van der Waals surface area contributed by atoms with E-state index < -0.39 is 11.4 Å². The molecule has 7 nitrogen and oxygen atoms in total. The molecule has 0 amide bonds. The number of likely N-dealkylation sites (tertiary alicyclic amines) is 2. The predicted molar refractivity (Wildman–Crippen MR) is 138 cm³/mol. The number of carbonyl (C=O) groups is 1. The van der Waals surface area contributed by atoms with Crippen LogP contribution in [0.15, 0.2) is 46.0 Å². The molecule has 36 heavy (non-hydrogen) atoms. The standard InChI is InChI=1S/C27H31BrFN3O4/c1-3-35-23-12-19(22(28)13-21(23)18-4-6-20(29)7-5-18)15-31-16-27(17-31)14-24(30-36-27)32-10-8-26(2,9-11-32)25(33)34/h4-7,12-13H,3,8-11,14-17H2,1-2H3,(H,33,34). The zero-order valence-electron chi connectivity index (χ0n) is 20.6. The minimum atomic E-state index is -0.720. The normalized spacial score (nSPS) is 20.6. The number of halogens is 2. The quantitative estimate of drug-likeness (QED) is 0.529. The number of nitrogens with zero attached hydrogens (tertiary/aromatic N) is 3. The van der Waals surface area contributed by atoms with Crippen LogP contribution in [0.3, 0.4) is 0 Å². The molecule has 1 spiro atoms. The van der Waals surface area contributed by atoms with Crippen molar-refractivity contribution in [1.29, 1.82) is 0 Å².